The Morgan fingerprint density at radius 3 is 2.53 bits per heavy atom. The normalized spacial score (nSPS) is 10.8. The van der Waals surface area contributed by atoms with Gasteiger partial charge in [0.15, 0.2) is 5.52 Å². The molecule has 0 aliphatic carbocycles. The molecule has 3 aromatic rings. The molecule has 2 heterocycles. The Kier molecular flexibility index (Phi) is 2.97. The van der Waals surface area contributed by atoms with Gasteiger partial charge in [0.2, 0.25) is 5.28 Å². The Labute approximate surface area is 118 Å². The van der Waals surface area contributed by atoms with E-state index in [0.29, 0.717) is 16.2 Å². The zero-order chi connectivity index (χ0) is 13.4. The Morgan fingerprint density at radius 2 is 1.79 bits per heavy atom. The number of fused-ring (bicyclic) bond motifs is 1. The van der Waals surface area contributed by atoms with Gasteiger partial charge in [0.25, 0.3) is 5.56 Å². The average molecular weight is 292 g/mol. The summed E-state index contributed by atoms with van der Waals surface area (Å²) in [5, 5.41) is 0.674. The third kappa shape index (κ3) is 2.09. The summed E-state index contributed by atoms with van der Waals surface area (Å²) in [7, 11) is 0. The summed E-state index contributed by atoms with van der Waals surface area (Å²) in [6.07, 6.45) is 1.55. The molecule has 0 radical (unpaired) electrons. The van der Waals surface area contributed by atoms with Crippen molar-refractivity contribution in [1.29, 1.82) is 0 Å². The molecule has 0 spiro atoms. The van der Waals surface area contributed by atoms with Crippen LogP contribution in [-0.4, -0.2) is 14.5 Å². The van der Waals surface area contributed by atoms with E-state index < -0.39 is 0 Å². The third-order valence-electron chi connectivity index (χ3n) is 2.67. The lowest BCUT2D eigenvalue weighted by molar-refractivity contribution is 0.956. The standard InChI is InChI=1S/C13H7Cl2N3O/c14-8-3-5-9(6-4-8)18-12(19)11-10(17-13(18)15)2-1-7-16-11/h1-7H. The van der Waals surface area contributed by atoms with E-state index in [-0.39, 0.29) is 16.4 Å². The van der Waals surface area contributed by atoms with Crippen LogP contribution in [-0.2, 0) is 0 Å². The smallest absolute Gasteiger partial charge is 0.266 e. The molecular weight excluding hydrogens is 285 g/mol. The summed E-state index contributed by atoms with van der Waals surface area (Å²) in [5.41, 5.74) is 1.04. The second kappa shape index (κ2) is 4.64. The van der Waals surface area contributed by atoms with Gasteiger partial charge in [0.1, 0.15) is 0 Å². The second-order valence-electron chi connectivity index (χ2n) is 3.87. The number of hydrogen-bond donors (Lipinski definition) is 0. The fraction of sp³-hybridized carbons (Fsp3) is 0. The average Bonchev–Trinajstić information content (AvgIpc) is 2.41. The Morgan fingerprint density at radius 1 is 1.05 bits per heavy atom. The highest BCUT2D eigenvalue weighted by molar-refractivity contribution is 6.30. The predicted molar refractivity (Wildman–Crippen MR) is 75.2 cm³/mol. The molecular formula is C13H7Cl2N3O. The number of hydrogen-bond acceptors (Lipinski definition) is 3. The molecule has 0 fully saturated rings. The van der Waals surface area contributed by atoms with Gasteiger partial charge in [0.05, 0.1) is 11.2 Å². The largest absolute Gasteiger partial charge is 0.285 e. The molecule has 0 saturated carbocycles. The van der Waals surface area contributed by atoms with E-state index in [1.54, 1.807) is 42.6 Å². The molecule has 6 heteroatoms. The van der Waals surface area contributed by atoms with Crippen molar-refractivity contribution in [3.63, 3.8) is 0 Å². The van der Waals surface area contributed by atoms with Crippen LogP contribution in [0.1, 0.15) is 0 Å². The number of benzene rings is 1. The predicted octanol–water partition coefficient (Wildman–Crippen LogP) is 3.09. The molecule has 0 atom stereocenters. The van der Waals surface area contributed by atoms with Crippen LogP contribution in [0.4, 0.5) is 0 Å². The van der Waals surface area contributed by atoms with Crippen LogP contribution >= 0.6 is 23.2 Å². The third-order valence-corrected chi connectivity index (χ3v) is 3.18. The second-order valence-corrected chi connectivity index (χ2v) is 4.64. The van der Waals surface area contributed by atoms with E-state index in [1.165, 1.54) is 4.57 Å². The lowest BCUT2D eigenvalue weighted by Crippen LogP contribution is -2.21. The molecule has 0 saturated heterocycles. The number of aromatic nitrogens is 3. The first-order valence-corrected chi connectivity index (χ1v) is 6.21. The van der Waals surface area contributed by atoms with E-state index in [1.807, 2.05) is 0 Å². The van der Waals surface area contributed by atoms with Crippen molar-refractivity contribution in [2.24, 2.45) is 0 Å². The number of halogens is 2. The first-order valence-electron chi connectivity index (χ1n) is 5.46. The fourth-order valence-corrected chi connectivity index (χ4v) is 2.20. The van der Waals surface area contributed by atoms with Crippen molar-refractivity contribution < 1.29 is 0 Å². The summed E-state index contributed by atoms with van der Waals surface area (Å²) in [6.45, 7) is 0. The first kappa shape index (κ1) is 12.1. The van der Waals surface area contributed by atoms with Crippen molar-refractivity contribution >= 4 is 34.2 Å². The molecule has 0 amide bonds. The zero-order valence-electron chi connectivity index (χ0n) is 9.55. The van der Waals surface area contributed by atoms with Crippen molar-refractivity contribution in [3.05, 3.63) is 63.3 Å². The quantitative estimate of drug-likeness (QED) is 0.647. The van der Waals surface area contributed by atoms with Gasteiger partial charge in [-0.2, -0.15) is 0 Å². The minimum atomic E-state index is -0.307. The van der Waals surface area contributed by atoms with E-state index >= 15 is 0 Å². The molecule has 0 aliphatic heterocycles. The van der Waals surface area contributed by atoms with Crippen LogP contribution in [0.2, 0.25) is 10.3 Å². The summed E-state index contributed by atoms with van der Waals surface area (Å²) in [6, 6.07) is 10.2. The molecule has 0 aliphatic rings. The summed E-state index contributed by atoms with van der Waals surface area (Å²) >= 11 is 11.9. The Bertz CT molecular complexity index is 812. The lowest BCUT2D eigenvalue weighted by atomic mass is 10.3. The highest BCUT2D eigenvalue weighted by Crippen LogP contribution is 2.17. The van der Waals surface area contributed by atoms with Crippen LogP contribution in [0.25, 0.3) is 16.7 Å². The van der Waals surface area contributed by atoms with Gasteiger partial charge in [-0.05, 0) is 48.0 Å². The Hall–Kier alpha value is -1.91. The molecule has 19 heavy (non-hydrogen) atoms. The number of pyridine rings is 1. The van der Waals surface area contributed by atoms with Crippen LogP contribution in [0.15, 0.2) is 47.4 Å². The van der Waals surface area contributed by atoms with Gasteiger partial charge in [-0.15, -0.1) is 0 Å². The highest BCUT2D eigenvalue weighted by Gasteiger charge is 2.11. The summed E-state index contributed by atoms with van der Waals surface area (Å²) in [4.78, 5) is 20.6. The van der Waals surface area contributed by atoms with Gasteiger partial charge < -0.3 is 0 Å². The first-order chi connectivity index (χ1) is 9.16. The molecule has 3 rings (SSSR count). The van der Waals surface area contributed by atoms with Crippen LogP contribution < -0.4 is 5.56 Å². The monoisotopic (exact) mass is 291 g/mol. The molecule has 0 unspecified atom stereocenters. The highest BCUT2D eigenvalue weighted by atomic mass is 35.5. The molecule has 4 nitrogen and oxygen atoms in total. The van der Waals surface area contributed by atoms with Gasteiger partial charge >= 0.3 is 0 Å². The topological polar surface area (TPSA) is 47.8 Å². The van der Waals surface area contributed by atoms with Crippen molar-refractivity contribution in [2.75, 3.05) is 0 Å². The van der Waals surface area contributed by atoms with E-state index in [9.17, 15) is 4.79 Å². The van der Waals surface area contributed by atoms with Crippen LogP contribution in [0, 0.1) is 0 Å². The maximum Gasteiger partial charge on any atom is 0.285 e. The molecule has 94 valence electrons. The Balaban J connectivity index is 2.35. The SMILES string of the molecule is O=c1c2ncccc2nc(Cl)n1-c1ccc(Cl)cc1. The van der Waals surface area contributed by atoms with Crippen LogP contribution in [0.3, 0.4) is 0 Å². The van der Waals surface area contributed by atoms with E-state index in [0.717, 1.165) is 0 Å². The summed E-state index contributed by atoms with van der Waals surface area (Å²) in [5.74, 6) is 0. The summed E-state index contributed by atoms with van der Waals surface area (Å²) < 4.78 is 1.30. The molecule has 0 N–H and O–H groups in total. The van der Waals surface area contributed by atoms with Gasteiger partial charge in [-0.1, -0.05) is 11.6 Å². The van der Waals surface area contributed by atoms with Gasteiger partial charge in [0, 0.05) is 11.2 Å². The molecule has 2 aromatic heterocycles. The molecule has 1 aromatic carbocycles. The van der Waals surface area contributed by atoms with Crippen molar-refractivity contribution in [3.8, 4) is 5.69 Å². The van der Waals surface area contributed by atoms with Crippen molar-refractivity contribution in [1.82, 2.24) is 14.5 Å². The van der Waals surface area contributed by atoms with E-state index in [4.69, 9.17) is 23.2 Å². The zero-order valence-corrected chi connectivity index (χ0v) is 11.1. The van der Waals surface area contributed by atoms with Crippen molar-refractivity contribution in [2.45, 2.75) is 0 Å². The van der Waals surface area contributed by atoms with Gasteiger partial charge in [-0.3, -0.25) is 4.79 Å². The maximum atomic E-state index is 12.4. The minimum absolute atomic E-state index is 0.0906. The number of rotatable bonds is 1. The molecule has 0 bridgehead atoms. The minimum Gasteiger partial charge on any atom is -0.266 e. The fourth-order valence-electron chi connectivity index (χ4n) is 1.80. The van der Waals surface area contributed by atoms with Crippen LogP contribution in [0.5, 0.6) is 0 Å². The maximum absolute atomic E-state index is 12.4. The lowest BCUT2D eigenvalue weighted by Gasteiger charge is -2.08. The van der Waals surface area contributed by atoms with E-state index in [2.05, 4.69) is 9.97 Å². The van der Waals surface area contributed by atoms with Gasteiger partial charge in [-0.25, -0.2) is 14.5 Å². The number of nitrogens with zero attached hydrogens (tertiary/aromatic N) is 3.